The van der Waals surface area contributed by atoms with Crippen LogP contribution >= 0.6 is 11.8 Å². The second-order valence-corrected chi connectivity index (χ2v) is 8.51. The van der Waals surface area contributed by atoms with Crippen LogP contribution in [0.3, 0.4) is 0 Å². The molecule has 0 amide bonds. The Balaban J connectivity index is 1.73. The molecule has 1 aromatic rings. The van der Waals surface area contributed by atoms with Crippen molar-refractivity contribution >= 4 is 27.5 Å². The van der Waals surface area contributed by atoms with E-state index in [2.05, 4.69) is 11.6 Å². The summed E-state index contributed by atoms with van der Waals surface area (Å²) >= 11 is 1.54. The molecular formula is C14H22N2O2S2. The van der Waals surface area contributed by atoms with Crippen LogP contribution in [0.25, 0.3) is 0 Å². The van der Waals surface area contributed by atoms with Crippen molar-refractivity contribution in [1.29, 1.82) is 0 Å². The molecule has 1 fully saturated rings. The fourth-order valence-electron chi connectivity index (χ4n) is 2.00. The summed E-state index contributed by atoms with van der Waals surface area (Å²) < 4.78 is 26.6. The van der Waals surface area contributed by atoms with Gasteiger partial charge >= 0.3 is 0 Å². The second-order valence-electron chi connectivity index (χ2n) is 5.41. The maximum atomic E-state index is 11.9. The van der Waals surface area contributed by atoms with Gasteiger partial charge in [-0.3, -0.25) is 0 Å². The van der Waals surface area contributed by atoms with E-state index in [0.717, 1.165) is 29.8 Å². The number of sulfonamides is 1. The molecule has 112 valence electrons. The van der Waals surface area contributed by atoms with Crippen LogP contribution in [0.15, 0.2) is 29.2 Å². The van der Waals surface area contributed by atoms with Gasteiger partial charge in [0, 0.05) is 22.9 Å². The van der Waals surface area contributed by atoms with Crippen molar-refractivity contribution in [2.75, 3.05) is 23.8 Å². The molecule has 0 radical (unpaired) electrons. The Morgan fingerprint density at radius 2 is 1.95 bits per heavy atom. The normalized spacial score (nSPS) is 17.1. The Morgan fingerprint density at radius 3 is 2.50 bits per heavy atom. The van der Waals surface area contributed by atoms with Crippen molar-refractivity contribution in [3.8, 4) is 0 Å². The maximum Gasteiger partial charge on any atom is 0.212 e. The van der Waals surface area contributed by atoms with Crippen LogP contribution < -0.4 is 10.5 Å². The summed E-state index contributed by atoms with van der Waals surface area (Å²) in [6, 6.07) is 7.48. The van der Waals surface area contributed by atoms with Crippen molar-refractivity contribution in [2.45, 2.75) is 31.1 Å². The third-order valence-electron chi connectivity index (χ3n) is 3.88. The van der Waals surface area contributed by atoms with E-state index in [-0.39, 0.29) is 11.2 Å². The molecular weight excluding hydrogens is 292 g/mol. The Labute approximate surface area is 125 Å². The standard InChI is InChI=1S/C14H22N2O2S2/c1-2-14(7-8-14)11-16-20(17,18)10-9-19-13-5-3-12(15)4-6-13/h3-6,16H,2,7-11,15H2,1H3. The predicted molar refractivity (Wildman–Crippen MR) is 85.3 cm³/mol. The van der Waals surface area contributed by atoms with Crippen molar-refractivity contribution in [1.82, 2.24) is 4.72 Å². The molecule has 1 saturated carbocycles. The van der Waals surface area contributed by atoms with Crippen LogP contribution in [0.4, 0.5) is 5.69 Å². The molecule has 0 aliphatic heterocycles. The molecule has 0 unspecified atom stereocenters. The summed E-state index contributed by atoms with van der Waals surface area (Å²) in [5.74, 6) is 0.709. The van der Waals surface area contributed by atoms with Gasteiger partial charge in [-0.05, 0) is 48.9 Å². The SMILES string of the molecule is CCC1(CNS(=O)(=O)CCSc2ccc(N)cc2)CC1. The van der Waals surface area contributed by atoms with E-state index < -0.39 is 10.0 Å². The number of hydrogen-bond acceptors (Lipinski definition) is 4. The van der Waals surface area contributed by atoms with Crippen LogP contribution in [0.5, 0.6) is 0 Å². The molecule has 1 aliphatic carbocycles. The highest BCUT2D eigenvalue weighted by Gasteiger charge is 2.41. The lowest BCUT2D eigenvalue weighted by atomic mass is 10.1. The molecule has 1 aromatic carbocycles. The summed E-state index contributed by atoms with van der Waals surface area (Å²) in [7, 11) is -3.16. The first-order chi connectivity index (χ1) is 9.45. The second kappa shape index (κ2) is 6.37. The van der Waals surface area contributed by atoms with Crippen molar-refractivity contribution in [2.24, 2.45) is 5.41 Å². The van der Waals surface area contributed by atoms with E-state index in [4.69, 9.17) is 5.73 Å². The Morgan fingerprint density at radius 1 is 1.30 bits per heavy atom. The van der Waals surface area contributed by atoms with Gasteiger partial charge in [0.1, 0.15) is 0 Å². The van der Waals surface area contributed by atoms with E-state index in [9.17, 15) is 8.42 Å². The predicted octanol–water partition coefficient (Wildman–Crippen LogP) is 2.47. The fourth-order valence-corrected chi connectivity index (χ4v) is 4.45. The van der Waals surface area contributed by atoms with Crippen LogP contribution in [0.1, 0.15) is 26.2 Å². The van der Waals surface area contributed by atoms with E-state index in [1.165, 1.54) is 11.8 Å². The molecule has 3 N–H and O–H groups in total. The zero-order valence-corrected chi connectivity index (χ0v) is 13.4. The molecule has 0 bridgehead atoms. The molecule has 0 aromatic heterocycles. The lowest BCUT2D eigenvalue weighted by molar-refractivity contribution is 0.476. The Kier molecular flexibility index (Phi) is 4.99. The molecule has 4 nitrogen and oxygen atoms in total. The van der Waals surface area contributed by atoms with Crippen LogP contribution in [-0.4, -0.2) is 26.5 Å². The van der Waals surface area contributed by atoms with Crippen LogP contribution in [0, 0.1) is 5.41 Å². The van der Waals surface area contributed by atoms with Gasteiger partial charge in [-0.2, -0.15) is 0 Å². The Hall–Kier alpha value is -0.720. The monoisotopic (exact) mass is 314 g/mol. The Bertz CT molecular complexity index is 537. The topological polar surface area (TPSA) is 72.2 Å². The van der Waals surface area contributed by atoms with Crippen molar-refractivity contribution in [3.05, 3.63) is 24.3 Å². The average Bonchev–Trinajstić information content (AvgIpc) is 3.20. The molecule has 0 spiro atoms. The number of thioether (sulfide) groups is 1. The molecule has 0 atom stereocenters. The van der Waals surface area contributed by atoms with Gasteiger partial charge < -0.3 is 5.73 Å². The first-order valence-electron chi connectivity index (χ1n) is 6.90. The largest absolute Gasteiger partial charge is 0.399 e. The number of hydrogen-bond donors (Lipinski definition) is 2. The van der Waals surface area contributed by atoms with Gasteiger partial charge in [-0.15, -0.1) is 11.8 Å². The van der Waals surface area contributed by atoms with Crippen molar-refractivity contribution < 1.29 is 8.42 Å². The first-order valence-corrected chi connectivity index (χ1v) is 9.54. The van der Waals surface area contributed by atoms with E-state index in [1.54, 1.807) is 0 Å². The maximum absolute atomic E-state index is 11.9. The molecule has 1 aliphatic rings. The average molecular weight is 314 g/mol. The highest BCUT2D eigenvalue weighted by atomic mass is 32.2. The quantitative estimate of drug-likeness (QED) is 0.571. The highest BCUT2D eigenvalue weighted by molar-refractivity contribution is 8.00. The van der Waals surface area contributed by atoms with Crippen molar-refractivity contribution in [3.63, 3.8) is 0 Å². The molecule has 6 heteroatoms. The lowest BCUT2D eigenvalue weighted by Crippen LogP contribution is -2.32. The summed E-state index contributed by atoms with van der Waals surface area (Å²) in [4.78, 5) is 1.04. The third kappa shape index (κ3) is 4.68. The first kappa shape index (κ1) is 15.7. The zero-order chi connectivity index (χ0) is 14.6. The minimum atomic E-state index is -3.16. The lowest BCUT2D eigenvalue weighted by Gasteiger charge is -2.13. The van der Waals surface area contributed by atoms with E-state index in [0.29, 0.717) is 12.3 Å². The molecule has 20 heavy (non-hydrogen) atoms. The van der Waals surface area contributed by atoms with Gasteiger partial charge in [0.15, 0.2) is 0 Å². The van der Waals surface area contributed by atoms with E-state index >= 15 is 0 Å². The van der Waals surface area contributed by atoms with Crippen LogP contribution in [-0.2, 0) is 10.0 Å². The summed E-state index contributed by atoms with van der Waals surface area (Å²) in [6.45, 7) is 2.72. The summed E-state index contributed by atoms with van der Waals surface area (Å²) in [5, 5.41) is 0. The highest BCUT2D eigenvalue weighted by Crippen LogP contribution is 2.47. The molecule has 2 rings (SSSR count). The number of nitrogen functional groups attached to an aromatic ring is 1. The van der Waals surface area contributed by atoms with Gasteiger partial charge in [-0.1, -0.05) is 6.92 Å². The van der Waals surface area contributed by atoms with Gasteiger partial charge in [0.2, 0.25) is 10.0 Å². The number of nitrogens with one attached hydrogen (secondary N) is 1. The summed E-state index contributed by atoms with van der Waals surface area (Å²) in [6.07, 6.45) is 3.34. The summed E-state index contributed by atoms with van der Waals surface area (Å²) in [5.41, 5.74) is 6.58. The smallest absolute Gasteiger partial charge is 0.212 e. The number of anilines is 1. The zero-order valence-electron chi connectivity index (χ0n) is 11.8. The van der Waals surface area contributed by atoms with Crippen LogP contribution in [0.2, 0.25) is 0 Å². The van der Waals surface area contributed by atoms with Gasteiger partial charge in [0.25, 0.3) is 0 Å². The third-order valence-corrected chi connectivity index (χ3v) is 6.47. The van der Waals surface area contributed by atoms with E-state index in [1.807, 2.05) is 24.3 Å². The number of nitrogens with two attached hydrogens (primary N) is 1. The molecule has 0 saturated heterocycles. The van der Waals surface area contributed by atoms with Gasteiger partial charge in [-0.25, -0.2) is 13.1 Å². The minimum absolute atomic E-state index is 0.155. The minimum Gasteiger partial charge on any atom is -0.399 e. The number of benzene rings is 1. The number of rotatable bonds is 8. The van der Waals surface area contributed by atoms with Gasteiger partial charge in [0.05, 0.1) is 5.75 Å². The molecule has 0 heterocycles. The fraction of sp³-hybridized carbons (Fsp3) is 0.571.